The molecule has 0 aliphatic heterocycles. The van der Waals surface area contributed by atoms with Crippen LogP contribution in [0.2, 0.25) is 5.02 Å². The van der Waals surface area contributed by atoms with Crippen molar-refractivity contribution in [1.82, 2.24) is 15.6 Å². The molecule has 21 heavy (non-hydrogen) atoms. The van der Waals surface area contributed by atoms with Gasteiger partial charge in [-0.25, -0.2) is 4.79 Å². The summed E-state index contributed by atoms with van der Waals surface area (Å²) in [4.78, 5) is 19.4. The van der Waals surface area contributed by atoms with Gasteiger partial charge < -0.3 is 11.1 Å². The molecule has 2 amide bonds. The normalized spacial score (nSPS) is 11.5. The van der Waals surface area contributed by atoms with Gasteiger partial charge in [-0.3, -0.25) is 15.3 Å². The Labute approximate surface area is 130 Å². The number of nitrogens with one attached hydrogen (secondary N) is 2. The number of pyridine rings is 1. The van der Waals surface area contributed by atoms with Gasteiger partial charge in [0.05, 0.1) is 10.7 Å². The number of urea groups is 1. The van der Waals surface area contributed by atoms with E-state index in [1.165, 1.54) is 0 Å². The smallest absolute Gasteiger partial charge is 0.318 e. The molecule has 6 nitrogen and oxygen atoms in total. The first-order valence-electron chi connectivity index (χ1n) is 6.93. The van der Waals surface area contributed by atoms with Crippen LogP contribution in [0.15, 0.2) is 23.3 Å². The van der Waals surface area contributed by atoms with E-state index in [0.29, 0.717) is 30.0 Å². The van der Waals surface area contributed by atoms with Crippen molar-refractivity contribution in [3.05, 3.63) is 29.0 Å². The van der Waals surface area contributed by atoms with Crippen LogP contribution in [0.5, 0.6) is 0 Å². The number of carbonyl (C=O) groups is 1. The lowest BCUT2D eigenvalue weighted by Gasteiger charge is -2.11. The number of guanidine groups is 1. The molecule has 0 unspecified atom stereocenters. The van der Waals surface area contributed by atoms with E-state index in [-0.39, 0.29) is 0 Å². The van der Waals surface area contributed by atoms with E-state index in [1.807, 2.05) is 6.07 Å². The third kappa shape index (κ3) is 7.51. The first-order valence-corrected chi connectivity index (χ1v) is 7.31. The minimum atomic E-state index is -0.627. The Morgan fingerprint density at radius 3 is 2.90 bits per heavy atom. The van der Waals surface area contributed by atoms with E-state index in [4.69, 9.17) is 17.3 Å². The number of aryl methyl sites for hydroxylation is 1. The average molecular weight is 312 g/mol. The summed E-state index contributed by atoms with van der Waals surface area (Å²) in [5.74, 6) is 0.812. The van der Waals surface area contributed by atoms with Gasteiger partial charge in [-0.05, 0) is 30.9 Å². The average Bonchev–Trinajstić information content (AvgIpc) is 2.41. The standard InChI is InChI=1S/C14H22ClN5O/c1-10(2)9-19-14(20-13(16)21)18-8-4-6-12-11(15)5-3-7-17-12/h3,5,7,10H,4,6,8-9H2,1-2H3,(H4,16,18,19,20,21). The number of hydrogen-bond acceptors (Lipinski definition) is 3. The second-order valence-corrected chi connectivity index (χ2v) is 5.44. The molecule has 4 N–H and O–H groups in total. The molecule has 0 saturated carbocycles. The Hall–Kier alpha value is -1.82. The molecule has 0 fully saturated rings. The van der Waals surface area contributed by atoms with Crippen molar-refractivity contribution in [3.8, 4) is 0 Å². The molecule has 1 heterocycles. The zero-order chi connectivity index (χ0) is 15.7. The number of nitrogens with two attached hydrogens (primary N) is 1. The van der Waals surface area contributed by atoms with Crippen LogP contribution in [0.4, 0.5) is 4.79 Å². The monoisotopic (exact) mass is 311 g/mol. The summed E-state index contributed by atoms with van der Waals surface area (Å²) in [6.45, 7) is 5.36. The summed E-state index contributed by atoms with van der Waals surface area (Å²) in [5.41, 5.74) is 5.98. The van der Waals surface area contributed by atoms with Crippen molar-refractivity contribution in [2.75, 3.05) is 13.1 Å². The van der Waals surface area contributed by atoms with Gasteiger partial charge in [0.1, 0.15) is 0 Å². The lowest BCUT2D eigenvalue weighted by atomic mass is 10.2. The maximum Gasteiger partial charge on any atom is 0.318 e. The zero-order valence-corrected chi connectivity index (χ0v) is 13.2. The first-order chi connectivity index (χ1) is 9.99. The molecular weight excluding hydrogens is 290 g/mol. The molecule has 0 spiro atoms. The molecule has 0 atom stereocenters. The number of hydrogen-bond donors (Lipinski definition) is 3. The lowest BCUT2D eigenvalue weighted by molar-refractivity contribution is 0.253. The highest BCUT2D eigenvalue weighted by Crippen LogP contribution is 2.13. The van der Waals surface area contributed by atoms with Crippen LogP contribution in [0, 0.1) is 5.92 Å². The van der Waals surface area contributed by atoms with Crippen molar-refractivity contribution in [2.45, 2.75) is 26.7 Å². The summed E-state index contributed by atoms with van der Waals surface area (Å²) in [7, 11) is 0. The van der Waals surface area contributed by atoms with E-state index in [9.17, 15) is 4.79 Å². The highest BCUT2D eigenvalue weighted by atomic mass is 35.5. The van der Waals surface area contributed by atoms with Crippen LogP contribution < -0.4 is 16.4 Å². The Balaban J connectivity index is 2.41. The summed E-state index contributed by atoms with van der Waals surface area (Å²) in [6.07, 6.45) is 3.29. The number of primary amides is 1. The molecular formula is C14H22ClN5O. The molecule has 1 aromatic rings. The van der Waals surface area contributed by atoms with Gasteiger partial charge in [-0.15, -0.1) is 0 Å². The minimum Gasteiger partial charge on any atom is -0.356 e. The van der Waals surface area contributed by atoms with Crippen molar-refractivity contribution < 1.29 is 4.79 Å². The number of amides is 2. The van der Waals surface area contributed by atoms with Gasteiger partial charge in [0.2, 0.25) is 0 Å². The molecule has 1 rings (SSSR count). The Morgan fingerprint density at radius 2 is 2.29 bits per heavy atom. The molecule has 0 aromatic carbocycles. The fourth-order valence-electron chi connectivity index (χ4n) is 1.60. The molecule has 1 aromatic heterocycles. The van der Waals surface area contributed by atoms with Crippen LogP contribution in [0.1, 0.15) is 26.0 Å². The van der Waals surface area contributed by atoms with Crippen molar-refractivity contribution in [1.29, 1.82) is 0 Å². The van der Waals surface area contributed by atoms with Crippen LogP contribution in [0.3, 0.4) is 0 Å². The molecule has 116 valence electrons. The number of halogens is 1. The number of nitrogens with zero attached hydrogens (tertiary/aromatic N) is 2. The minimum absolute atomic E-state index is 0.406. The predicted octanol–water partition coefficient (Wildman–Crippen LogP) is 1.94. The molecule has 0 aliphatic rings. The fraction of sp³-hybridized carbons (Fsp3) is 0.500. The topological polar surface area (TPSA) is 92.4 Å². The molecule has 7 heteroatoms. The van der Waals surface area contributed by atoms with Crippen molar-refractivity contribution >= 4 is 23.6 Å². The van der Waals surface area contributed by atoms with E-state index < -0.39 is 6.03 Å². The Morgan fingerprint density at radius 1 is 1.52 bits per heavy atom. The molecule has 0 bridgehead atoms. The van der Waals surface area contributed by atoms with Gasteiger partial charge in [0, 0.05) is 19.3 Å². The highest BCUT2D eigenvalue weighted by Gasteiger charge is 2.04. The van der Waals surface area contributed by atoms with Crippen LogP contribution in [-0.2, 0) is 6.42 Å². The van der Waals surface area contributed by atoms with Gasteiger partial charge in [0.15, 0.2) is 5.96 Å². The van der Waals surface area contributed by atoms with Crippen molar-refractivity contribution in [3.63, 3.8) is 0 Å². The number of rotatable bonds is 6. The Kier molecular flexibility index (Phi) is 7.53. The van der Waals surface area contributed by atoms with E-state index in [1.54, 1.807) is 12.3 Å². The third-order valence-corrected chi connectivity index (χ3v) is 2.92. The second kappa shape index (κ2) is 9.18. The van der Waals surface area contributed by atoms with Gasteiger partial charge >= 0.3 is 6.03 Å². The maximum atomic E-state index is 10.9. The third-order valence-electron chi connectivity index (χ3n) is 2.57. The fourth-order valence-corrected chi connectivity index (χ4v) is 1.81. The van der Waals surface area contributed by atoms with E-state index in [2.05, 4.69) is 34.5 Å². The summed E-state index contributed by atoms with van der Waals surface area (Å²) in [5, 5.41) is 6.21. The second-order valence-electron chi connectivity index (χ2n) is 5.03. The number of aromatic nitrogens is 1. The quantitative estimate of drug-likeness (QED) is 0.426. The van der Waals surface area contributed by atoms with Crippen LogP contribution in [0.25, 0.3) is 0 Å². The molecule has 0 saturated heterocycles. The van der Waals surface area contributed by atoms with Crippen molar-refractivity contribution in [2.24, 2.45) is 16.6 Å². The van der Waals surface area contributed by atoms with E-state index >= 15 is 0 Å². The maximum absolute atomic E-state index is 10.9. The SMILES string of the molecule is CC(C)CN=C(NCCCc1ncccc1Cl)NC(N)=O. The van der Waals surface area contributed by atoms with Gasteiger partial charge in [-0.1, -0.05) is 25.4 Å². The highest BCUT2D eigenvalue weighted by molar-refractivity contribution is 6.31. The first kappa shape index (κ1) is 17.2. The number of carbonyl (C=O) groups excluding carboxylic acids is 1. The van der Waals surface area contributed by atoms with Gasteiger partial charge in [0.25, 0.3) is 0 Å². The zero-order valence-electron chi connectivity index (χ0n) is 12.4. The predicted molar refractivity (Wildman–Crippen MR) is 85.4 cm³/mol. The molecule has 0 radical (unpaired) electrons. The molecule has 0 aliphatic carbocycles. The number of aliphatic imine (C=N–C) groups is 1. The Bertz CT molecular complexity index is 490. The van der Waals surface area contributed by atoms with Gasteiger partial charge in [-0.2, -0.15) is 0 Å². The van der Waals surface area contributed by atoms with E-state index in [0.717, 1.165) is 18.5 Å². The van der Waals surface area contributed by atoms with Crippen LogP contribution in [-0.4, -0.2) is 30.1 Å². The summed E-state index contributed by atoms with van der Waals surface area (Å²) in [6, 6.07) is 3.00. The summed E-state index contributed by atoms with van der Waals surface area (Å²) >= 11 is 6.04. The lowest BCUT2D eigenvalue weighted by Crippen LogP contribution is -2.44. The van der Waals surface area contributed by atoms with Crippen LogP contribution >= 0.6 is 11.6 Å². The summed E-state index contributed by atoms with van der Waals surface area (Å²) < 4.78 is 0. The largest absolute Gasteiger partial charge is 0.356 e.